The van der Waals surface area contributed by atoms with Crippen molar-refractivity contribution < 1.29 is 0 Å². The molecule has 0 unspecified atom stereocenters. The van der Waals surface area contributed by atoms with Gasteiger partial charge in [0.05, 0.1) is 0 Å². The third kappa shape index (κ3) is 6.67. The van der Waals surface area contributed by atoms with Crippen molar-refractivity contribution in [3.05, 3.63) is 239 Å². The van der Waals surface area contributed by atoms with Crippen molar-refractivity contribution in [2.24, 2.45) is 0 Å². The lowest BCUT2D eigenvalue weighted by atomic mass is 9.76. The molecule has 0 saturated heterocycles. The third-order valence-electron chi connectivity index (χ3n) is 13.4. The lowest BCUT2D eigenvalue weighted by Gasteiger charge is -2.28. The molecule has 60 heavy (non-hydrogen) atoms. The number of hydrogen-bond acceptors (Lipinski definition) is 0. The molecule has 4 aliphatic carbocycles. The standard InChI is InChI=1S/C16H14.C16H12.C14H12.C14H10/c2*1-3-11-7-9-13-5-2-6-14-10-8-12(4-1)15(11)16(13)14;2*1-3-7-13-11(5-1)9-10-12-6-2-4-8-14(12)13/h1-6H,7-10H2;1-7,9H,8,10H2;1-8H,9-10H2;1-10H. The van der Waals surface area contributed by atoms with Gasteiger partial charge in [0.1, 0.15) is 0 Å². The minimum absolute atomic E-state index is 1.19. The summed E-state index contributed by atoms with van der Waals surface area (Å²) in [5, 5.41) is 11.0. The van der Waals surface area contributed by atoms with Crippen LogP contribution in [0.2, 0.25) is 0 Å². The number of hydrogen-bond donors (Lipinski definition) is 0. The van der Waals surface area contributed by atoms with Crippen LogP contribution >= 0.6 is 0 Å². The molecule has 0 saturated carbocycles. The van der Waals surface area contributed by atoms with E-state index in [0.717, 1.165) is 0 Å². The van der Waals surface area contributed by atoms with Crippen molar-refractivity contribution in [1.29, 1.82) is 0 Å². The molecule has 0 spiro atoms. The zero-order valence-corrected chi connectivity index (χ0v) is 34.1. The van der Waals surface area contributed by atoms with Crippen LogP contribution in [0.3, 0.4) is 0 Å². The largest absolute Gasteiger partial charge is 0.0620 e. The second-order valence-corrected chi connectivity index (χ2v) is 16.8. The van der Waals surface area contributed by atoms with E-state index < -0.39 is 0 Å². The van der Waals surface area contributed by atoms with Gasteiger partial charge >= 0.3 is 0 Å². The van der Waals surface area contributed by atoms with E-state index in [4.69, 9.17) is 0 Å². The highest BCUT2D eigenvalue weighted by Gasteiger charge is 2.24. The molecule has 14 rings (SSSR count). The predicted molar refractivity (Wildman–Crippen MR) is 256 cm³/mol. The van der Waals surface area contributed by atoms with Crippen LogP contribution in [-0.4, -0.2) is 0 Å². The Hall–Kier alpha value is -6.76. The van der Waals surface area contributed by atoms with Gasteiger partial charge in [-0.25, -0.2) is 0 Å². The molecule has 0 aliphatic heterocycles. The Balaban J connectivity index is 0.0000000910. The highest BCUT2D eigenvalue weighted by atomic mass is 14.3. The summed E-state index contributed by atoms with van der Waals surface area (Å²) in [6.07, 6.45) is 9.64. The van der Waals surface area contributed by atoms with Gasteiger partial charge in [0, 0.05) is 0 Å². The van der Waals surface area contributed by atoms with E-state index in [-0.39, 0.29) is 0 Å². The van der Waals surface area contributed by atoms with Crippen LogP contribution in [0.5, 0.6) is 0 Å². The lowest BCUT2D eigenvalue weighted by Crippen LogP contribution is -2.13. The number of rotatable bonds is 0. The normalized spacial score (nSPS) is 13.5. The first kappa shape index (κ1) is 36.3. The molecule has 10 aromatic rings. The van der Waals surface area contributed by atoms with Gasteiger partial charge < -0.3 is 0 Å². The monoisotopic (exact) mass is 768 g/mol. The SMILES string of the molecule is c1cc2c3c(c1)CCc1cccc(c1-3)CC2.c1cc2c3c(c1)ccc1cccc(c13)CC2.c1ccc2c(c1)CCc1ccccc1-2.c1ccc2c(c1)ccc1ccccc12. The topological polar surface area (TPSA) is 0 Å². The minimum Gasteiger partial charge on any atom is -0.0620 e. The molecule has 0 aromatic heterocycles. The Kier molecular flexibility index (Phi) is 9.55. The van der Waals surface area contributed by atoms with Gasteiger partial charge in [0.2, 0.25) is 0 Å². The fourth-order valence-electron chi connectivity index (χ4n) is 10.5. The van der Waals surface area contributed by atoms with Gasteiger partial charge in [-0.15, -0.1) is 0 Å². The molecular weight excluding hydrogens is 721 g/mol. The maximum atomic E-state index is 2.31. The Morgan fingerprint density at radius 2 is 0.483 bits per heavy atom. The van der Waals surface area contributed by atoms with Gasteiger partial charge in [-0.1, -0.05) is 194 Å². The molecule has 0 bridgehead atoms. The summed E-state index contributed by atoms with van der Waals surface area (Å²) >= 11 is 0. The van der Waals surface area contributed by atoms with Crippen LogP contribution in [0.1, 0.15) is 44.5 Å². The van der Waals surface area contributed by atoms with Crippen molar-refractivity contribution in [3.8, 4) is 22.3 Å². The predicted octanol–water partition coefficient (Wildman–Crippen LogP) is 15.1. The zero-order chi connectivity index (χ0) is 39.8. The Bertz CT molecular complexity index is 2960. The van der Waals surface area contributed by atoms with E-state index in [1.807, 2.05) is 0 Å². The number of aryl methyl sites for hydroxylation is 8. The third-order valence-corrected chi connectivity index (χ3v) is 13.4. The first-order chi connectivity index (χ1) is 29.8. The molecule has 4 aliphatic rings. The molecule has 0 radical (unpaired) electrons. The van der Waals surface area contributed by atoms with Crippen LogP contribution in [0.15, 0.2) is 194 Å². The highest BCUT2D eigenvalue weighted by molar-refractivity contribution is 6.11. The lowest BCUT2D eigenvalue weighted by molar-refractivity contribution is 0.876. The first-order valence-corrected chi connectivity index (χ1v) is 21.9. The summed E-state index contributed by atoms with van der Waals surface area (Å²) in [6, 6.07) is 70.4. The summed E-state index contributed by atoms with van der Waals surface area (Å²) in [7, 11) is 0. The van der Waals surface area contributed by atoms with Gasteiger partial charge in [0.25, 0.3) is 0 Å². The van der Waals surface area contributed by atoms with Gasteiger partial charge in [-0.2, -0.15) is 0 Å². The van der Waals surface area contributed by atoms with Crippen LogP contribution in [0.4, 0.5) is 0 Å². The summed E-state index contributed by atoms with van der Waals surface area (Å²) in [5.74, 6) is 0. The zero-order valence-electron chi connectivity index (χ0n) is 34.1. The van der Waals surface area contributed by atoms with Crippen molar-refractivity contribution in [2.75, 3.05) is 0 Å². The number of fused-ring (bicyclic) bond motifs is 6. The molecule has 10 aromatic carbocycles. The highest BCUT2D eigenvalue weighted by Crippen LogP contribution is 2.42. The molecule has 0 nitrogen and oxygen atoms in total. The summed E-state index contributed by atoms with van der Waals surface area (Å²) in [5.41, 5.74) is 18.3. The molecule has 0 heteroatoms. The first-order valence-electron chi connectivity index (χ1n) is 21.9. The van der Waals surface area contributed by atoms with Crippen molar-refractivity contribution in [3.63, 3.8) is 0 Å². The second kappa shape index (κ2) is 15.8. The average molecular weight is 769 g/mol. The van der Waals surface area contributed by atoms with Crippen LogP contribution in [-0.2, 0) is 51.4 Å². The van der Waals surface area contributed by atoms with Crippen molar-refractivity contribution >= 4 is 43.1 Å². The summed E-state index contributed by atoms with van der Waals surface area (Å²) in [4.78, 5) is 0. The molecule has 0 fully saturated rings. The van der Waals surface area contributed by atoms with Gasteiger partial charge in [-0.05, 0) is 161 Å². The fourth-order valence-corrected chi connectivity index (χ4v) is 10.5. The molecule has 288 valence electrons. The van der Waals surface area contributed by atoms with Crippen molar-refractivity contribution in [1.82, 2.24) is 0 Å². The minimum atomic E-state index is 1.19. The molecule has 0 heterocycles. The maximum Gasteiger partial charge on any atom is -0.00704 e. The van der Waals surface area contributed by atoms with Crippen LogP contribution in [0, 0.1) is 0 Å². The van der Waals surface area contributed by atoms with Gasteiger partial charge in [-0.3, -0.25) is 0 Å². The Morgan fingerprint density at radius 3 is 0.933 bits per heavy atom. The van der Waals surface area contributed by atoms with Crippen LogP contribution < -0.4 is 0 Å². The van der Waals surface area contributed by atoms with E-state index in [1.54, 1.807) is 33.4 Å². The summed E-state index contributed by atoms with van der Waals surface area (Å²) < 4.78 is 0. The smallest absolute Gasteiger partial charge is 0.00704 e. The molecule has 0 amide bonds. The fraction of sp³-hybridized carbons (Fsp3) is 0.133. The van der Waals surface area contributed by atoms with Crippen molar-refractivity contribution in [2.45, 2.75) is 51.4 Å². The van der Waals surface area contributed by atoms with Crippen LogP contribution in [0.25, 0.3) is 65.3 Å². The molecule has 0 N–H and O–H groups in total. The Labute approximate surface area is 353 Å². The van der Waals surface area contributed by atoms with E-state index in [2.05, 4.69) is 194 Å². The average Bonchev–Trinajstić information content (AvgIpc) is 3.33. The Morgan fingerprint density at radius 1 is 0.200 bits per heavy atom. The van der Waals surface area contributed by atoms with E-state index in [0.29, 0.717) is 0 Å². The molecular formula is C60H48. The van der Waals surface area contributed by atoms with E-state index in [1.165, 1.54) is 128 Å². The van der Waals surface area contributed by atoms with E-state index in [9.17, 15) is 0 Å². The summed E-state index contributed by atoms with van der Waals surface area (Å²) in [6.45, 7) is 0. The number of benzene rings is 10. The maximum absolute atomic E-state index is 2.31. The second-order valence-electron chi connectivity index (χ2n) is 16.8. The quantitative estimate of drug-likeness (QED) is 0.135. The van der Waals surface area contributed by atoms with E-state index >= 15 is 0 Å². The molecule has 0 atom stereocenters. The van der Waals surface area contributed by atoms with Gasteiger partial charge in [0.15, 0.2) is 0 Å².